The van der Waals surface area contributed by atoms with Gasteiger partial charge in [-0.25, -0.2) is 9.97 Å². The molecule has 1 saturated heterocycles. The third-order valence-electron chi connectivity index (χ3n) is 4.81. The molecule has 1 aliphatic carbocycles. The van der Waals surface area contributed by atoms with Crippen LogP contribution in [0.3, 0.4) is 0 Å². The lowest BCUT2D eigenvalue weighted by Crippen LogP contribution is -2.39. The molecule has 4 nitrogen and oxygen atoms in total. The number of fused-ring (bicyclic) bond motifs is 1. The summed E-state index contributed by atoms with van der Waals surface area (Å²) in [5.74, 6) is 2.83. The maximum Gasteiger partial charge on any atom is 0.225 e. The topological polar surface area (TPSA) is 55.0 Å². The Labute approximate surface area is 121 Å². The highest BCUT2D eigenvalue weighted by Crippen LogP contribution is 2.33. The molecule has 2 aliphatic rings. The molecule has 1 aromatic rings. The maximum absolute atomic E-state index is 5.82. The van der Waals surface area contributed by atoms with E-state index in [1.165, 1.54) is 30.5 Å². The summed E-state index contributed by atoms with van der Waals surface area (Å²) in [4.78, 5) is 11.8. The highest BCUT2D eigenvalue weighted by Gasteiger charge is 2.26. The molecule has 0 bridgehead atoms. The van der Waals surface area contributed by atoms with E-state index in [0.717, 1.165) is 37.9 Å². The van der Waals surface area contributed by atoms with Gasteiger partial charge in [0, 0.05) is 19.3 Å². The minimum Gasteiger partial charge on any atom is -0.340 e. The Morgan fingerprint density at radius 2 is 2.25 bits per heavy atom. The molecule has 0 amide bonds. The molecular weight excluding hydrogens is 248 g/mol. The van der Waals surface area contributed by atoms with Crippen molar-refractivity contribution in [3.05, 3.63) is 17.5 Å². The molecule has 110 valence electrons. The second-order valence-electron chi connectivity index (χ2n) is 6.72. The third kappa shape index (κ3) is 2.66. The SMILES string of the molecule is CC1Cc2cnc(N3CCCC(CN)C3)nc2C(C)C1. The largest absolute Gasteiger partial charge is 0.340 e. The minimum atomic E-state index is 0.561. The van der Waals surface area contributed by atoms with Crippen LogP contribution in [0, 0.1) is 11.8 Å². The summed E-state index contributed by atoms with van der Waals surface area (Å²) in [6.45, 7) is 7.48. The first-order valence-electron chi connectivity index (χ1n) is 7.98. The Hall–Kier alpha value is -1.16. The summed E-state index contributed by atoms with van der Waals surface area (Å²) in [6, 6.07) is 0. The van der Waals surface area contributed by atoms with Crippen LogP contribution in [-0.4, -0.2) is 29.6 Å². The number of hydrogen-bond acceptors (Lipinski definition) is 4. The first-order chi connectivity index (χ1) is 9.67. The molecular formula is C16H26N4. The van der Waals surface area contributed by atoms with Crippen molar-refractivity contribution in [1.29, 1.82) is 0 Å². The van der Waals surface area contributed by atoms with Gasteiger partial charge in [-0.2, -0.15) is 0 Å². The molecule has 1 fully saturated rings. The van der Waals surface area contributed by atoms with Crippen LogP contribution in [0.5, 0.6) is 0 Å². The van der Waals surface area contributed by atoms with Crippen molar-refractivity contribution in [2.45, 2.75) is 45.4 Å². The first-order valence-corrected chi connectivity index (χ1v) is 7.98. The van der Waals surface area contributed by atoms with E-state index in [9.17, 15) is 0 Å². The van der Waals surface area contributed by atoms with E-state index in [4.69, 9.17) is 10.7 Å². The van der Waals surface area contributed by atoms with Gasteiger partial charge in [-0.05, 0) is 55.5 Å². The molecule has 2 N–H and O–H groups in total. The molecule has 4 heteroatoms. The van der Waals surface area contributed by atoms with Crippen LogP contribution in [0.15, 0.2) is 6.20 Å². The van der Waals surface area contributed by atoms with Crippen molar-refractivity contribution in [3.8, 4) is 0 Å². The summed E-state index contributed by atoms with van der Waals surface area (Å²) in [7, 11) is 0. The van der Waals surface area contributed by atoms with E-state index in [1.54, 1.807) is 0 Å². The number of anilines is 1. The van der Waals surface area contributed by atoms with Crippen LogP contribution in [0.25, 0.3) is 0 Å². The van der Waals surface area contributed by atoms with E-state index in [2.05, 4.69) is 29.9 Å². The van der Waals surface area contributed by atoms with Gasteiger partial charge in [0.15, 0.2) is 0 Å². The number of nitrogens with two attached hydrogens (primary N) is 1. The van der Waals surface area contributed by atoms with Gasteiger partial charge in [-0.1, -0.05) is 13.8 Å². The summed E-state index contributed by atoms with van der Waals surface area (Å²) in [5, 5.41) is 0. The van der Waals surface area contributed by atoms with Gasteiger partial charge in [-0.15, -0.1) is 0 Å². The number of nitrogens with zero attached hydrogens (tertiary/aromatic N) is 3. The van der Waals surface area contributed by atoms with Crippen LogP contribution < -0.4 is 10.6 Å². The van der Waals surface area contributed by atoms with Crippen LogP contribution in [-0.2, 0) is 6.42 Å². The van der Waals surface area contributed by atoms with Gasteiger partial charge in [0.25, 0.3) is 0 Å². The number of rotatable bonds is 2. The zero-order chi connectivity index (χ0) is 14.1. The van der Waals surface area contributed by atoms with Crippen molar-refractivity contribution >= 4 is 5.95 Å². The Balaban J connectivity index is 1.83. The van der Waals surface area contributed by atoms with Gasteiger partial charge < -0.3 is 10.6 Å². The average molecular weight is 274 g/mol. The third-order valence-corrected chi connectivity index (χ3v) is 4.81. The Morgan fingerprint density at radius 3 is 3.05 bits per heavy atom. The van der Waals surface area contributed by atoms with E-state index in [1.807, 2.05) is 0 Å². The van der Waals surface area contributed by atoms with Crippen LogP contribution in [0.1, 0.15) is 50.3 Å². The van der Waals surface area contributed by atoms with Crippen LogP contribution in [0.4, 0.5) is 5.95 Å². The summed E-state index contributed by atoms with van der Waals surface area (Å²) in [6.07, 6.45) is 6.89. The molecule has 20 heavy (non-hydrogen) atoms. The van der Waals surface area contributed by atoms with Gasteiger partial charge in [0.05, 0.1) is 5.69 Å². The van der Waals surface area contributed by atoms with Crippen molar-refractivity contribution < 1.29 is 0 Å². The molecule has 3 atom stereocenters. The molecule has 0 spiro atoms. The zero-order valence-corrected chi connectivity index (χ0v) is 12.7. The summed E-state index contributed by atoms with van der Waals surface area (Å²) in [5.41, 5.74) is 8.46. The molecule has 2 heterocycles. The highest BCUT2D eigenvalue weighted by atomic mass is 15.3. The molecule has 0 radical (unpaired) electrons. The lowest BCUT2D eigenvalue weighted by atomic mass is 9.82. The van der Waals surface area contributed by atoms with E-state index >= 15 is 0 Å². The van der Waals surface area contributed by atoms with E-state index in [-0.39, 0.29) is 0 Å². The Bertz CT molecular complexity index is 474. The highest BCUT2D eigenvalue weighted by molar-refractivity contribution is 5.36. The monoisotopic (exact) mass is 274 g/mol. The fraction of sp³-hybridized carbons (Fsp3) is 0.750. The number of hydrogen-bond donors (Lipinski definition) is 1. The molecule has 0 aromatic carbocycles. The molecule has 1 aromatic heterocycles. The predicted octanol–water partition coefficient (Wildman–Crippen LogP) is 2.34. The zero-order valence-electron chi connectivity index (χ0n) is 12.7. The predicted molar refractivity (Wildman–Crippen MR) is 81.9 cm³/mol. The molecule has 3 rings (SSSR count). The van der Waals surface area contributed by atoms with Crippen LogP contribution in [0.2, 0.25) is 0 Å². The lowest BCUT2D eigenvalue weighted by Gasteiger charge is -2.33. The number of aromatic nitrogens is 2. The van der Waals surface area contributed by atoms with Gasteiger partial charge >= 0.3 is 0 Å². The Morgan fingerprint density at radius 1 is 1.40 bits per heavy atom. The second kappa shape index (κ2) is 5.68. The van der Waals surface area contributed by atoms with Gasteiger partial charge in [-0.3, -0.25) is 0 Å². The first kappa shape index (κ1) is 13.8. The van der Waals surface area contributed by atoms with E-state index < -0.39 is 0 Å². The lowest BCUT2D eigenvalue weighted by molar-refractivity contribution is 0.415. The second-order valence-corrected chi connectivity index (χ2v) is 6.72. The summed E-state index contributed by atoms with van der Waals surface area (Å²) < 4.78 is 0. The van der Waals surface area contributed by atoms with Crippen molar-refractivity contribution in [3.63, 3.8) is 0 Å². The average Bonchev–Trinajstić information content (AvgIpc) is 2.47. The molecule has 3 unspecified atom stereocenters. The van der Waals surface area contributed by atoms with Crippen molar-refractivity contribution in [2.24, 2.45) is 17.6 Å². The number of piperidine rings is 1. The quantitative estimate of drug-likeness (QED) is 0.899. The summed E-state index contributed by atoms with van der Waals surface area (Å²) >= 11 is 0. The van der Waals surface area contributed by atoms with Crippen molar-refractivity contribution in [2.75, 3.05) is 24.5 Å². The Kier molecular flexibility index (Phi) is 3.92. The fourth-order valence-corrected chi connectivity index (χ4v) is 3.76. The minimum absolute atomic E-state index is 0.561. The fourth-order valence-electron chi connectivity index (χ4n) is 3.76. The van der Waals surface area contributed by atoms with Crippen molar-refractivity contribution in [1.82, 2.24) is 9.97 Å². The van der Waals surface area contributed by atoms with Gasteiger partial charge in [0.1, 0.15) is 0 Å². The normalized spacial score (nSPS) is 30.1. The van der Waals surface area contributed by atoms with E-state index in [0.29, 0.717) is 11.8 Å². The maximum atomic E-state index is 5.82. The van der Waals surface area contributed by atoms with Gasteiger partial charge in [0.2, 0.25) is 5.95 Å². The van der Waals surface area contributed by atoms with Crippen LogP contribution >= 0.6 is 0 Å². The molecule has 1 aliphatic heterocycles. The standard InChI is InChI=1S/C16H26N4/c1-11-6-12(2)15-14(7-11)9-18-16(19-15)20-5-3-4-13(8-17)10-20/h9,11-13H,3-8,10,17H2,1-2H3. The smallest absolute Gasteiger partial charge is 0.225 e. The molecule has 0 saturated carbocycles.